The number of nitrogens with zero attached hydrogens (tertiary/aromatic N) is 1. The first kappa shape index (κ1) is 24.5. The van der Waals surface area contributed by atoms with E-state index in [0.717, 1.165) is 47.7 Å². The van der Waals surface area contributed by atoms with Gasteiger partial charge in [-0.2, -0.15) is 0 Å². The maximum atomic E-state index is 13.3. The van der Waals surface area contributed by atoms with E-state index in [4.69, 9.17) is 0 Å². The fourth-order valence-electron chi connectivity index (χ4n) is 4.32. The molecule has 0 saturated heterocycles. The fourth-order valence-corrected chi connectivity index (χ4v) is 4.77. The Bertz CT molecular complexity index is 891. The predicted octanol–water partition coefficient (Wildman–Crippen LogP) is 5.81. The predicted molar refractivity (Wildman–Crippen MR) is 133 cm³/mol. The van der Waals surface area contributed by atoms with Gasteiger partial charge in [0.05, 0.1) is 0 Å². The fraction of sp³-hybridized carbons (Fsp3) is 0.481. The molecule has 0 radical (unpaired) electrons. The van der Waals surface area contributed by atoms with Crippen LogP contribution in [0.2, 0.25) is 0 Å². The van der Waals surface area contributed by atoms with Crippen LogP contribution in [0.15, 0.2) is 53.0 Å². The Morgan fingerprint density at radius 3 is 2.38 bits per heavy atom. The quantitative estimate of drug-likeness (QED) is 0.474. The van der Waals surface area contributed by atoms with Crippen molar-refractivity contribution in [3.63, 3.8) is 0 Å². The maximum absolute atomic E-state index is 13.3. The lowest BCUT2D eigenvalue weighted by atomic mass is 9.95. The van der Waals surface area contributed by atoms with Crippen LogP contribution >= 0.6 is 15.9 Å². The van der Waals surface area contributed by atoms with Crippen LogP contribution in [0.25, 0.3) is 0 Å². The minimum Gasteiger partial charge on any atom is -0.352 e. The van der Waals surface area contributed by atoms with Crippen molar-refractivity contribution in [3.8, 4) is 0 Å². The van der Waals surface area contributed by atoms with E-state index in [1.165, 1.54) is 12.0 Å². The van der Waals surface area contributed by atoms with Crippen molar-refractivity contribution in [1.29, 1.82) is 0 Å². The Labute approximate surface area is 200 Å². The number of benzene rings is 2. The minimum absolute atomic E-state index is 0.0100. The normalized spacial score (nSPS) is 15.2. The van der Waals surface area contributed by atoms with Gasteiger partial charge in [0.25, 0.3) is 0 Å². The summed E-state index contributed by atoms with van der Waals surface area (Å²) < 4.78 is 0.970. The van der Waals surface area contributed by atoms with Gasteiger partial charge in [0, 0.05) is 23.5 Å². The first-order valence-electron chi connectivity index (χ1n) is 11.9. The molecule has 1 N–H and O–H groups in total. The Balaban J connectivity index is 1.69. The van der Waals surface area contributed by atoms with Gasteiger partial charge in [-0.3, -0.25) is 9.59 Å². The van der Waals surface area contributed by atoms with Crippen LogP contribution in [0.5, 0.6) is 0 Å². The average Bonchev–Trinajstić information content (AvgIpc) is 2.81. The van der Waals surface area contributed by atoms with Crippen molar-refractivity contribution < 1.29 is 9.59 Å². The van der Waals surface area contributed by atoms with Gasteiger partial charge in [0.15, 0.2) is 0 Å². The molecule has 1 saturated carbocycles. The topological polar surface area (TPSA) is 49.4 Å². The second-order valence-corrected chi connectivity index (χ2v) is 9.76. The molecule has 172 valence electrons. The van der Waals surface area contributed by atoms with Crippen LogP contribution in [0.4, 0.5) is 0 Å². The van der Waals surface area contributed by atoms with Gasteiger partial charge < -0.3 is 10.2 Å². The first-order chi connectivity index (χ1) is 15.5. The van der Waals surface area contributed by atoms with Gasteiger partial charge in [-0.05, 0) is 61.4 Å². The van der Waals surface area contributed by atoms with Crippen molar-refractivity contribution in [1.82, 2.24) is 10.2 Å². The number of rotatable bonds is 9. The molecule has 1 atom stereocenters. The van der Waals surface area contributed by atoms with Crippen molar-refractivity contribution in [2.24, 2.45) is 0 Å². The molecule has 1 fully saturated rings. The van der Waals surface area contributed by atoms with Gasteiger partial charge in [-0.25, -0.2) is 0 Å². The highest BCUT2D eigenvalue weighted by molar-refractivity contribution is 9.10. The van der Waals surface area contributed by atoms with E-state index in [1.54, 1.807) is 4.90 Å². The number of halogens is 1. The lowest BCUT2D eigenvalue weighted by Crippen LogP contribution is -2.50. The summed E-state index contributed by atoms with van der Waals surface area (Å²) in [6.45, 7) is 4.41. The minimum atomic E-state index is -0.508. The van der Waals surface area contributed by atoms with E-state index in [2.05, 4.69) is 52.4 Å². The Morgan fingerprint density at radius 2 is 1.72 bits per heavy atom. The highest BCUT2D eigenvalue weighted by Gasteiger charge is 2.28. The molecule has 1 unspecified atom stereocenters. The first-order valence-corrected chi connectivity index (χ1v) is 12.7. The largest absolute Gasteiger partial charge is 0.352 e. The molecule has 1 aliphatic carbocycles. The Hall–Kier alpha value is -2.14. The van der Waals surface area contributed by atoms with Gasteiger partial charge in [0.2, 0.25) is 11.8 Å². The number of hydrogen-bond donors (Lipinski definition) is 1. The molecule has 0 heterocycles. The number of hydrogen-bond acceptors (Lipinski definition) is 2. The van der Waals surface area contributed by atoms with Gasteiger partial charge in [0.1, 0.15) is 6.04 Å². The van der Waals surface area contributed by atoms with E-state index in [9.17, 15) is 9.59 Å². The zero-order valence-electron chi connectivity index (χ0n) is 19.3. The number of amides is 2. The smallest absolute Gasteiger partial charge is 0.242 e. The molecule has 4 nitrogen and oxygen atoms in total. The second kappa shape index (κ2) is 12.2. The molecular formula is C27H35BrN2O2. The maximum Gasteiger partial charge on any atom is 0.242 e. The summed E-state index contributed by atoms with van der Waals surface area (Å²) in [5.41, 5.74) is 3.46. The van der Waals surface area contributed by atoms with E-state index >= 15 is 0 Å². The van der Waals surface area contributed by atoms with Crippen molar-refractivity contribution in [2.75, 3.05) is 0 Å². The van der Waals surface area contributed by atoms with Crippen LogP contribution in [-0.4, -0.2) is 28.8 Å². The molecule has 3 rings (SSSR count). The van der Waals surface area contributed by atoms with Crippen LogP contribution in [-0.2, 0) is 29.0 Å². The summed E-state index contributed by atoms with van der Waals surface area (Å²) in [6, 6.07) is 16.1. The molecule has 0 spiro atoms. The lowest BCUT2D eigenvalue weighted by molar-refractivity contribution is -0.141. The highest BCUT2D eigenvalue weighted by Crippen LogP contribution is 2.20. The molecular weight excluding hydrogens is 464 g/mol. The highest BCUT2D eigenvalue weighted by atomic mass is 79.9. The van der Waals surface area contributed by atoms with Crippen LogP contribution in [0.3, 0.4) is 0 Å². The molecule has 2 amide bonds. The third-order valence-corrected chi connectivity index (χ3v) is 6.91. The van der Waals surface area contributed by atoms with Crippen molar-refractivity contribution >= 4 is 27.7 Å². The van der Waals surface area contributed by atoms with Crippen molar-refractivity contribution in [3.05, 3.63) is 69.7 Å². The number of carbonyl (C=O) groups is 2. The second-order valence-electron chi connectivity index (χ2n) is 8.84. The third kappa shape index (κ3) is 7.19. The molecule has 0 bridgehead atoms. The summed E-state index contributed by atoms with van der Waals surface area (Å²) in [4.78, 5) is 28.1. The zero-order chi connectivity index (χ0) is 22.9. The van der Waals surface area contributed by atoms with Crippen LogP contribution < -0.4 is 5.32 Å². The standard InChI is InChI=1S/C27H35BrN2O2/c1-3-21-12-14-22(15-13-21)16-17-26(31)30(19-23-8-7-9-24(28)18-23)20(2)27(32)29-25-10-5-4-6-11-25/h7-9,12-15,18,20,25H,3-6,10-11,16-17,19H2,1-2H3,(H,29,32). The Kier molecular flexibility index (Phi) is 9.34. The summed E-state index contributed by atoms with van der Waals surface area (Å²) in [5.74, 6) is -0.0385. The molecule has 2 aromatic carbocycles. The summed E-state index contributed by atoms with van der Waals surface area (Å²) in [7, 11) is 0. The molecule has 2 aromatic rings. The van der Waals surface area contributed by atoms with Crippen LogP contribution in [0, 0.1) is 0 Å². The zero-order valence-corrected chi connectivity index (χ0v) is 20.9. The lowest BCUT2D eigenvalue weighted by Gasteiger charge is -2.31. The molecule has 5 heteroatoms. The molecule has 0 aromatic heterocycles. The van der Waals surface area contributed by atoms with E-state index < -0.39 is 6.04 Å². The SMILES string of the molecule is CCc1ccc(CCC(=O)N(Cc2cccc(Br)c2)C(C)C(=O)NC2CCCCC2)cc1. The monoisotopic (exact) mass is 498 g/mol. The average molecular weight is 499 g/mol. The summed E-state index contributed by atoms with van der Waals surface area (Å²) >= 11 is 3.51. The Morgan fingerprint density at radius 1 is 1.03 bits per heavy atom. The van der Waals surface area contributed by atoms with Gasteiger partial charge in [-0.15, -0.1) is 0 Å². The third-order valence-electron chi connectivity index (χ3n) is 6.42. The van der Waals surface area contributed by atoms with Gasteiger partial charge >= 0.3 is 0 Å². The van der Waals surface area contributed by atoms with E-state index in [-0.39, 0.29) is 17.9 Å². The summed E-state index contributed by atoms with van der Waals surface area (Å²) in [5, 5.41) is 3.20. The molecule has 1 aliphatic rings. The number of carbonyl (C=O) groups excluding carboxylic acids is 2. The molecule has 32 heavy (non-hydrogen) atoms. The van der Waals surface area contributed by atoms with Crippen LogP contribution in [0.1, 0.15) is 69.1 Å². The number of aryl methyl sites for hydroxylation is 2. The van der Waals surface area contributed by atoms with E-state index in [1.807, 2.05) is 31.2 Å². The number of nitrogens with one attached hydrogen (secondary N) is 1. The van der Waals surface area contributed by atoms with E-state index in [0.29, 0.717) is 19.4 Å². The summed E-state index contributed by atoms with van der Waals surface area (Å²) in [6.07, 6.45) is 7.71. The van der Waals surface area contributed by atoms with Crippen molar-refractivity contribution in [2.45, 2.75) is 83.8 Å². The van der Waals surface area contributed by atoms with Gasteiger partial charge in [-0.1, -0.05) is 78.5 Å². The molecule has 0 aliphatic heterocycles.